The first-order valence-electron chi connectivity index (χ1n) is 4.44. The molecule has 2 rings (SSSR count). The van der Waals surface area contributed by atoms with E-state index in [1.807, 2.05) is 0 Å². The molecule has 1 aromatic rings. The molecule has 0 atom stereocenters. The van der Waals surface area contributed by atoms with Gasteiger partial charge in [0.1, 0.15) is 0 Å². The van der Waals surface area contributed by atoms with Crippen molar-refractivity contribution in [3.63, 3.8) is 0 Å². The number of hydrogen-bond donors (Lipinski definition) is 2. The van der Waals surface area contributed by atoms with E-state index in [2.05, 4.69) is 9.97 Å². The van der Waals surface area contributed by atoms with E-state index < -0.39 is 17.5 Å². The van der Waals surface area contributed by atoms with Crippen molar-refractivity contribution in [1.29, 1.82) is 0 Å². The minimum Gasteiger partial charge on any atom is -0.481 e. The van der Waals surface area contributed by atoms with Crippen molar-refractivity contribution >= 4 is 17.6 Å². The molecule has 1 aromatic heterocycles. The van der Waals surface area contributed by atoms with Crippen LogP contribution in [0.5, 0.6) is 0 Å². The van der Waals surface area contributed by atoms with Gasteiger partial charge in [0.2, 0.25) is 5.28 Å². The summed E-state index contributed by atoms with van der Waals surface area (Å²) in [6.07, 6.45) is 3.25. The highest BCUT2D eigenvalue weighted by atomic mass is 35.5. The highest BCUT2D eigenvalue weighted by Gasteiger charge is 2.47. The Morgan fingerprint density at radius 3 is 2.47 bits per heavy atom. The Morgan fingerprint density at radius 2 is 2.00 bits per heavy atom. The molecule has 1 heterocycles. The minimum atomic E-state index is -1.10. The van der Waals surface area contributed by atoms with Crippen LogP contribution in [0.25, 0.3) is 0 Å². The highest BCUT2D eigenvalue weighted by molar-refractivity contribution is 6.28. The zero-order valence-corrected chi connectivity index (χ0v) is 8.48. The van der Waals surface area contributed by atoms with Gasteiger partial charge in [-0.05, 0) is 24.4 Å². The third-order valence-corrected chi connectivity index (χ3v) is 2.87. The predicted octanol–water partition coefficient (Wildman–Crippen LogP) is 0.812. The Morgan fingerprint density at radius 1 is 1.47 bits per heavy atom. The first-order chi connectivity index (χ1) is 7.01. The maximum atomic E-state index is 10.6. The molecule has 1 aliphatic rings. The van der Waals surface area contributed by atoms with Crippen molar-refractivity contribution in [2.75, 3.05) is 0 Å². The minimum absolute atomic E-state index is 0.108. The van der Waals surface area contributed by atoms with E-state index >= 15 is 0 Å². The molecule has 1 aliphatic carbocycles. The average Bonchev–Trinajstić information content (AvgIpc) is 2.13. The van der Waals surface area contributed by atoms with Crippen LogP contribution in [0.15, 0.2) is 12.4 Å². The van der Waals surface area contributed by atoms with Crippen LogP contribution >= 0.6 is 11.6 Å². The van der Waals surface area contributed by atoms with Gasteiger partial charge in [-0.25, -0.2) is 9.97 Å². The number of aromatic nitrogens is 2. The van der Waals surface area contributed by atoms with E-state index in [-0.39, 0.29) is 18.1 Å². The third-order valence-electron chi connectivity index (χ3n) is 2.68. The summed E-state index contributed by atoms with van der Waals surface area (Å²) < 4.78 is 0. The zero-order valence-electron chi connectivity index (χ0n) is 7.72. The highest BCUT2D eigenvalue weighted by Crippen LogP contribution is 2.45. The van der Waals surface area contributed by atoms with Crippen LogP contribution in [0.3, 0.4) is 0 Å². The van der Waals surface area contributed by atoms with Crippen molar-refractivity contribution in [2.45, 2.75) is 18.4 Å². The Labute approximate surface area is 90.7 Å². The molecular formula is C9H9ClN2O3. The number of hydrogen-bond acceptors (Lipinski definition) is 4. The standard InChI is InChI=1S/C9H9ClN2O3/c10-8-11-3-6(4-12-8)9(15)1-5(2-9)7(13)14/h3-5,15H,1-2H2,(H,13,14). The maximum Gasteiger partial charge on any atom is 0.306 e. The smallest absolute Gasteiger partial charge is 0.306 e. The topological polar surface area (TPSA) is 83.3 Å². The van der Waals surface area contributed by atoms with Gasteiger partial charge in [0.25, 0.3) is 0 Å². The van der Waals surface area contributed by atoms with Crippen molar-refractivity contribution in [1.82, 2.24) is 9.97 Å². The molecule has 0 bridgehead atoms. The van der Waals surface area contributed by atoms with Gasteiger partial charge in [0, 0.05) is 18.0 Å². The third kappa shape index (κ3) is 1.80. The molecule has 80 valence electrons. The van der Waals surface area contributed by atoms with Gasteiger partial charge < -0.3 is 10.2 Å². The lowest BCUT2D eigenvalue weighted by atomic mass is 9.68. The normalized spacial score (nSPS) is 29.6. The van der Waals surface area contributed by atoms with Crippen LogP contribution in [-0.4, -0.2) is 26.2 Å². The van der Waals surface area contributed by atoms with Crippen LogP contribution in [0, 0.1) is 5.92 Å². The molecule has 0 saturated heterocycles. The van der Waals surface area contributed by atoms with E-state index in [4.69, 9.17) is 16.7 Å². The molecule has 1 fully saturated rings. The SMILES string of the molecule is O=C(O)C1CC(O)(c2cnc(Cl)nc2)C1. The molecule has 0 amide bonds. The number of nitrogens with zero attached hydrogens (tertiary/aromatic N) is 2. The van der Waals surface area contributed by atoms with Gasteiger partial charge in [-0.3, -0.25) is 4.79 Å². The summed E-state index contributed by atoms with van der Waals surface area (Å²) in [6.45, 7) is 0. The molecule has 0 aromatic carbocycles. The lowest BCUT2D eigenvalue weighted by molar-refractivity contribution is -0.159. The number of rotatable bonds is 2. The monoisotopic (exact) mass is 228 g/mol. The van der Waals surface area contributed by atoms with Crippen LogP contribution in [-0.2, 0) is 10.4 Å². The van der Waals surface area contributed by atoms with Crippen LogP contribution < -0.4 is 0 Å². The number of carbonyl (C=O) groups is 1. The summed E-state index contributed by atoms with van der Waals surface area (Å²) in [4.78, 5) is 18.1. The fourth-order valence-electron chi connectivity index (χ4n) is 1.72. The summed E-state index contributed by atoms with van der Waals surface area (Å²) in [6, 6.07) is 0. The van der Waals surface area contributed by atoms with Crippen molar-refractivity contribution in [3.8, 4) is 0 Å². The average molecular weight is 229 g/mol. The molecular weight excluding hydrogens is 220 g/mol. The summed E-state index contributed by atoms with van der Waals surface area (Å²) >= 11 is 5.50. The lowest BCUT2D eigenvalue weighted by Gasteiger charge is -2.41. The molecule has 0 aliphatic heterocycles. The van der Waals surface area contributed by atoms with Crippen LogP contribution in [0.2, 0.25) is 5.28 Å². The predicted molar refractivity (Wildman–Crippen MR) is 51.3 cm³/mol. The largest absolute Gasteiger partial charge is 0.481 e. The number of carboxylic acid groups (broad SMARTS) is 1. The van der Waals surface area contributed by atoms with Gasteiger partial charge in [-0.15, -0.1) is 0 Å². The van der Waals surface area contributed by atoms with Crippen LogP contribution in [0.1, 0.15) is 18.4 Å². The second-order valence-corrected chi connectivity index (χ2v) is 4.05. The van der Waals surface area contributed by atoms with E-state index in [0.29, 0.717) is 5.56 Å². The molecule has 5 nitrogen and oxygen atoms in total. The van der Waals surface area contributed by atoms with Crippen molar-refractivity contribution in [2.24, 2.45) is 5.92 Å². The van der Waals surface area contributed by atoms with E-state index in [0.717, 1.165) is 0 Å². The van der Waals surface area contributed by atoms with E-state index in [1.165, 1.54) is 12.4 Å². The fraction of sp³-hybridized carbons (Fsp3) is 0.444. The van der Waals surface area contributed by atoms with Gasteiger partial charge in [-0.1, -0.05) is 0 Å². The van der Waals surface area contributed by atoms with Gasteiger partial charge >= 0.3 is 5.97 Å². The first-order valence-corrected chi connectivity index (χ1v) is 4.82. The zero-order chi connectivity index (χ0) is 11.1. The molecule has 1 saturated carbocycles. The summed E-state index contributed by atoms with van der Waals surface area (Å²) in [5.41, 5.74) is -0.586. The molecule has 15 heavy (non-hydrogen) atoms. The van der Waals surface area contributed by atoms with Gasteiger partial charge in [-0.2, -0.15) is 0 Å². The van der Waals surface area contributed by atoms with Crippen molar-refractivity contribution < 1.29 is 15.0 Å². The molecule has 0 radical (unpaired) electrons. The summed E-state index contributed by atoms with van der Waals surface area (Å²) in [5, 5.41) is 18.8. The Kier molecular flexibility index (Phi) is 2.36. The first kappa shape index (κ1) is 10.3. The second kappa shape index (κ2) is 3.43. The Hall–Kier alpha value is -1.20. The fourth-order valence-corrected chi connectivity index (χ4v) is 1.82. The molecule has 2 N–H and O–H groups in total. The van der Waals surface area contributed by atoms with Gasteiger partial charge in [0.05, 0.1) is 11.5 Å². The number of aliphatic carboxylic acids is 1. The molecule has 0 spiro atoms. The summed E-state index contributed by atoms with van der Waals surface area (Å²) in [5.74, 6) is -1.36. The second-order valence-electron chi connectivity index (χ2n) is 3.72. The summed E-state index contributed by atoms with van der Waals surface area (Å²) in [7, 11) is 0. The number of aliphatic hydroxyl groups is 1. The Balaban J connectivity index is 2.13. The van der Waals surface area contributed by atoms with Crippen molar-refractivity contribution in [3.05, 3.63) is 23.2 Å². The number of halogens is 1. The maximum absolute atomic E-state index is 10.6. The quantitative estimate of drug-likeness (QED) is 0.732. The van der Waals surface area contributed by atoms with Crippen LogP contribution in [0.4, 0.5) is 0 Å². The Bertz CT molecular complexity index is 387. The number of carboxylic acids is 1. The molecule has 0 unspecified atom stereocenters. The van der Waals surface area contributed by atoms with Gasteiger partial charge in [0.15, 0.2) is 0 Å². The molecule has 6 heteroatoms. The van der Waals surface area contributed by atoms with E-state index in [9.17, 15) is 9.90 Å². The van der Waals surface area contributed by atoms with E-state index in [1.54, 1.807) is 0 Å². The lowest BCUT2D eigenvalue weighted by Crippen LogP contribution is -2.44.